The number of rotatable bonds is 12. The first kappa shape index (κ1) is 56.9. The Hall–Kier alpha value is -5.16. The van der Waals surface area contributed by atoms with Crippen molar-refractivity contribution >= 4 is 45.9 Å². The number of piperazine rings is 1. The molecule has 3 N–H and O–H groups in total. The largest absolute Gasteiger partial charge is 0.464 e. The third-order valence-corrected chi connectivity index (χ3v) is 19.9. The number of hydrogen-bond donors (Lipinski definition) is 3. The number of fused-ring (bicyclic) bond motifs is 6. The zero-order valence-corrected chi connectivity index (χ0v) is 48.8. The van der Waals surface area contributed by atoms with Gasteiger partial charge in [0.2, 0.25) is 11.8 Å². The van der Waals surface area contributed by atoms with E-state index in [9.17, 15) is 9.59 Å². The number of morpholine rings is 1. The number of carbonyl (C=O) groups is 4. The normalized spacial score (nSPS) is 29.0. The number of likely N-dealkylation sites (tertiary alicyclic amines) is 1. The Labute approximate surface area is 485 Å². The lowest BCUT2D eigenvalue weighted by Gasteiger charge is -2.55. The van der Waals surface area contributed by atoms with Crippen molar-refractivity contribution in [2.75, 3.05) is 104 Å². The molecule has 1 aromatic carbocycles. The Morgan fingerprint density at radius 1 is 0.940 bits per heavy atom. The van der Waals surface area contributed by atoms with E-state index >= 15 is 22.8 Å². The number of pyridine rings is 1. The van der Waals surface area contributed by atoms with Crippen LogP contribution < -0.4 is 21.0 Å². The van der Waals surface area contributed by atoms with Gasteiger partial charge in [-0.05, 0) is 118 Å². The van der Waals surface area contributed by atoms with E-state index in [2.05, 4.69) is 41.7 Å². The van der Waals surface area contributed by atoms with Crippen LogP contribution in [0, 0.1) is 17.3 Å². The van der Waals surface area contributed by atoms with Gasteiger partial charge in [-0.3, -0.25) is 49.2 Å². The van der Waals surface area contributed by atoms with Crippen LogP contribution in [-0.4, -0.2) is 205 Å². The van der Waals surface area contributed by atoms with Gasteiger partial charge in [-0.15, -0.1) is 0 Å². The van der Waals surface area contributed by atoms with Crippen LogP contribution in [0.15, 0.2) is 36.5 Å². The van der Waals surface area contributed by atoms with Gasteiger partial charge in [0.15, 0.2) is 0 Å². The lowest BCUT2D eigenvalue weighted by Crippen LogP contribution is -2.73. The third kappa shape index (κ3) is 11.9. The summed E-state index contributed by atoms with van der Waals surface area (Å²) in [5.41, 5.74) is 7.16. The van der Waals surface area contributed by atoms with Crippen LogP contribution in [0.4, 0.5) is 18.9 Å². The number of ether oxygens (including phenoxy) is 3. The Morgan fingerprint density at radius 2 is 1.72 bits per heavy atom. The number of aromatic nitrogens is 2. The Kier molecular flexibility index (Phi) is 15.5. The predicted molar refractivity (Wildman–Crippen MR) is 307 cm³/mol. The molecule has 7 atom stereocenters. The van der Waals surface area contributed by atoms with Crippen LogP contribution in [0.5, 0.6) is 0 Å². The van der Waals surface area contributed by atoms with E-state index in [4.69, 9.17) is 19.2 Å². The second-order valence-corrected chi connectivity index (χ2v) is 26.8. The van der Waals surface area contributed by atoms with Gasteiger partial charge < -0.3 is 33.9 Å². The number of hydrogen-bond acceptors (Lipinski definition) is 14. The molecule has 0 radical (unpaired) electrons. The zero-order chi connectivity index (χ0) is 57.5. The second-order valence-electron chi connectivity index (χ2n) is 26.8. The minimum atomic E-state index is -4.59. The molecule has 450 valence electrons. The number of carbonyl (C=O) groups excluding carboxylic acids is 4. The number of anilines is 1. The van der Waals surface area contributed by atoms with Gasteiger partial charge in [0.05, 0.1) is 61.7 Å². The molecule has 1 spiro atoms. The summed E-state index contributed by atoms with van der Waals surface area (Å²) < 4.78 is 65.8. The van der Waals surface area contributed by atoms with Crippen molar-refractivity contribution in [1.82, 2.24) is 50.2 Å². The molecule has 21 heteroatoms. The fourth-order valence-corrected chi connectivity index (χ4v) is 15.1. The first-order valence-electron chi connectivity index (χ1n) is 31.0. The lowest BCUT2D eigenvalue weighted by atomic mass is 9.84. The van der Waals surface area contributed by atoms with Crippen LogP contribution in [0.3, 0.4) is 0 Å². The topological polar surface area (TPSA) is 179 Å². The molecule has 8 fully saturated rings. The molecule has 13 rings (SSSR count). The molecule has 3 aliphatic carbocycles. The molecule has 6 bridgehead atoms. The van der Waals surface area contributed by atoms with Gasteiger partial charge in [0, 0.05) is 107 Å². The first-order valence-corrected chi connectivity index (χ1v) is 31.0. The molecule has 1 unspecified atom stereocenters. The highest BCUT2D eigenvalue weighted by molar-refractivity contribution is 5.96. The minimum Gasteiger partial charge on any atom is -0.464 e. The Morgan fingerprint density at radius 3 is 2.46 bits per heavy atom. The van der Waals surface area contributed by atoms with Crippen molar-refractivity contribution < 1.29 is 46.6 Å². The zero-order valence-electron chi connectivity index (χ0n) is 48.8. The number of alkyl halides is 3. The highest BCUT2D eigenvalue weighted by atomic mass is 19.4. The van der Waals surface area contributed by atoms with E-state index in [1.807, 2.05) is 56.1 Å². The lowest BCUT2D eigenvalue weighted by molar-refractivity contribution is -0.197. The van der Waals surface area contributed by atoms with Crippen LogP contribution in [0.2, 0.25) is 0 Å². The highest BCUT2D eigenvalue weighted by Gasteiger charge is 2.58. The summed E-state index contributed by atoms with van der Waals surface area (Å²) in [7, 11) is 1.58. The van der Waals surface area contributed by atoms with Gasteiger partial charge in [-0.1, -0.05) is 38.8 Å². The van der Waals surface area contributed by atoms with Gasteiger partial charge in [-0.2, -0.15) is 13.2 Å². The second kappa shape index (κ2) is 22.6. The van der Waals surface area contributed by atoms with Gasteiger partial charge in [0.1, 0.15) is 30.3 Å². The molecule has 3 aromatic rings. The third-order valence-electron chi connectivity index (χ3n) is 19.9. The van der Waals surface area contributed by atoms with Crippen molar-refractivity contribution in [2.24, 2.45) is 17.3 Å². The molecule has 3 saturated carbocycles. The number of halogens is 3. The highest BCUT2D eigenvalue weighted by Crippen LogP contribution is 2.46. The van der Waals surface area contributed by atoms with E-state index in [1.165, 1.54) is 35.3 Å². The Balaban J connectivity index is 0.830. The number of nitrogens with one attached hydrogen (secondary N) is 3. The maximum atomic E-state index is 15.3. The van der Waals surface area contributed by atoms with Crippen LogP contribution in [0.1, 0.15) is 114 Å². The summed E-state index contributed by atoms with van der Waals surface area (Å²) >= 11 is 0. The average molecular weight is 1150 g/mol. The minimum absolute atomic E-state index is 0.0505. The molecule has 2 aromatic heterocycles. The number of cyclic esters (lactones) is 1. The smallest absolute Gasteiger partial charge is 0.406 e. The van der Waals surface area contributed by atoms with E-state index in [-0.39, 0.29) is 55.3 Å². The molecular formula is C62H84F3N11O7. The SMILES string of the molecule is CO[C@@H](C)c1ncc(N2CCN(C3CC3)CC2)cc1-c1c2c3cc(ccc3n1CC(F)(F)F)C1=CCCN(C1)C[C@H](NC(=O)[C@H](C1CCCC1)N1CCOC3(CN(C(=O)[C@@H]4N[C@@H]4C4CC4)C3)C1)C(=O)N1CCC[C@H](N1)C(=O)OCC(C)(C)C2. The van der Waals surface area contributed by atoms with E-state index in [1.54, 1.807) is 7.11 Å². The Bertz CT molecular complexity index is 2990. The molecule has 83 heavy (non-hydrogen) atoms. The summed E-state index contributed by atoms with van der Waals surface area (Å²) in [6.07, 6.45) is 9.29. The van der Waals surface area contributed by atoms with Gasteiger partial charge in [-0.25, -0.2) is 5.43 Å². The van der Waals surface area contributed by atoms with Crippen molar-refractivity contribution in [3.05, 3.63) is 53.4 Å². The van der Waals surface area contributed by atoms with Gasteiger partial charge in [0.25, 0.3) is 5.91 Å². The number of hydrazine groups is 1. The van der Waals surface area contributed by atoms with Gasteiger partial charge >= 0.3 is 12.1 Å². The fraction of sp³-hybridized carbons (Fsp3) is 0.694. The number of nitrogens with zero attached hydrogens (tertiary/aromatic N) is 8. The monoisotopic (exact) mass is 1150 g/mol. The standard InChI is InChI=1S/C62H84F3N11O7/c1-38(81-4)51-46(28-44(30-66-51)72-23-21-71(22-24-72)43-16-17-43)55-47-29-60(2,3)37-82-59(80)48-12-8-20-76(69-48)57(78)49(32-70-19-7-11-42(31-70)41-15-18-50(45(47)27-41)75(55)36-62(63,64)65)67-56(77)54(40-9-5-6-10-40)73-25-26-83-61(33-73)34-74(35-61)58(79)53-52(68-53)39-13-14-39/h11,15,18,27-28,30,38-40,43,48-49,52-54,68-69H,5-10,12-14,16-17,19-26,29,31-37H2,1-4H3,(H,67,77)/t38-,48-,49-,52+,53+,54-/m0/s1. The van der Waals surface area contributed by atoms with E-state index < -0.39 is 53.9 Å². The summed E-state index contributed by atoms with van der Waals surface area (Å²) in [5, 5.41) is 8.88. The average Bonchev–Trinajstić information content (AvgIpc) is 3.03. The van der Waals surface area contributed by atoms with E-state index in [0.29, 0.717) is 117 Å². The molecule has 18 nitrogen and oxygen atoms in total. The summed E-state index contributed by atoms with van der Waals surface area (Å²) in [5.74, 6) is -0.267. The van der Waals surface area contributed by atoms with Crippen LogP contribution >= 0.6 is 0 Å². The first-order chi connectivity index (χ1) is 39.9. The summed E-state index contributed by atoms with van der Waals surface area (Å²) in [6.45, 7) is 11.9. The maximum absolute atomic E-state index is 15.3. The number of methoxy groups -OCH3 is 1. The summed E-state index contributed by atoms with van der Waals surface area (Å²) in [4.78, 5) is 74.4. The van der Waals surface area contributed by atoms with Crippen LogP contribution in [-0.2, 0) is 46.4 Å². The molecule has 3 amide bonds. The fourth-order valence-electron chi connectivity index (χ4n) is 15.1. The number of amides is 3. The number of esters is 1. The van der Waals surface area contributed by atoms with Crippen molar-refractivity contribution in [1.29, 1.82) is 0 Å². The number of benzene rings is 1. The molecule has 10 aliphatic rings. The quantitative estimate of drug-likeness (QED) is 0.149. The maximum Gasteiger partial charge on any atom is 0.406 e. The molecule has 9 heterocycles. The van der Waals surface area contributed by atoms with E-state index in [0.717, 1.165) is 68.7 Å². The predicted octanol–water partition coefficient (Wildman–Crippen LogP) is 5.67. The summed E-state index contributed by atoms with van der Waals surface area (Å²) in [6, 6.07) is 6.19. The van der Waals surface area contributed by atoms with Crippen LogP contribution in [0.25, 0.3) is 27.7 Å². The molecule has 7 aliphatic heterocycles. The van der Waals surface area contributed by atoms with Crippen molar-refractivity contribution in [3.8, 4) is 11.3 Å². The molecular weight excluding hydrogens is 1070 g/mol. The van der Waals surface area contributed by atoms with Crippen molar-refractivity contribution in [3.63, 3.8) is 0 Å². The van der Waals surface area contributed by atoms with Crippen molar-refractivity contribution in [2.45, 2.75) is 158 Å². The molecule has 5 saturated heterocycles.